The molecule has 0 bridgehead atoms. The standard InChI is InChI=1S/C24H32O2/c1-22-7-4-13(25)10-18(22)14-11-15(14)20-17(22)5-8-23(2)21(20)16-12-19(16)24(23)6-3-9-26-24/h10,14-17,19-21H,3-9,11-12H2,1-2H3. The third-order valence-electron chi connectivity index (χ3n) is 10.9. The second-order valence-corrected chi connectivity index (χ2v) is 11.5. The molecule has 1 spiro atoms. The summed E-state index contributed by atoms with van der Waals surface area (Å²) in [4.78, 5) is 12.2. The lowest BCUT2D eigenvalue weighted by atomic mass is 9.45. The minimum atomic E-state index is 0.247. The Morgan fingerprint density at radius 1 is 1.08 bits per heavy atom. The fourth-order valence-corrected chi connectivity index (χ4v) is 9.89. The van der Waals surface area contributed by atoms with Crippen molar-refractivity contribution in [3.05, 3.63) is 11.6 Å². The van der Waals surface area contributed by atoms with Gasteiger partial charge in [-0.2, -0.15) is 0 Å². The summed E-state index contributed by atoms with van der Waals surface area (Å²) in [5.41, 5.74) is 2.60. The highest BCUT2D eigenvalue weighted by Gasteiger charge is 2.79. The summed E-state index contributed by atoms with van der Waals surface area (Å²) in [7, 11) is 0. The van der Waals surface area contributed by atoms with E-state index in [9.17, 15) is 4.79 Å². The molecule has 1 aliphatic heterocycles. The maximum Gasteiger partial charge on any atom is 0.155 e. The van der Waals surface area contributed by atoms with E-state index < -0.39 is 0 Å². The SMILES string of the molecule is CC12CCC(=O)C=C1C1CC1C1C2CCC2(C)C1C1CC1C21CCCO1. The van der Waals surface area contributed by atoms with Crippen LogP contribution in [0.4, 0.5) is 0 Å². The molecule has 2 nitrogen and oxygen atoms in total. The Labute approximate surface area is 157 Å². The predicted molar refractivity (Wildman–Crippen MR) is 99.4 cm³/mol. The van der Waals surface area contributed by atoms with Crippen molar-refractivity contribution in [2.45, 2.75) is 70.8 Å². The molecule has 26 heavy (non-hydrogen) atoms. The molecule has 1 saturated heterocycles. The van der Waals surface area contributed by atoms with E-state index in [0.717, 1.165) is 60.9 Å². The van der Waals surface area contributed by atoms with Crippen LogP contribution in [0.5, 0.6) is 0 Å². The first-order chi connectivity index (χ1) is 12.5. The van der Waals surface area contributed by atoms with Crippen molar-refractivity contribution in [3.63, 3.8) is 0 Å². The third-order valence-corrected chi connectivity index (χ3v) is 10.9. The van der Waals surface area contributed by atoms with E-state index in [1.165, 1.54) is 38.5 Å². The summed E-state index contributed by atoms with van der Waals surface area (Å²) in [5.74, 6) is 6.58. The highest BCUT2D eigenvalue weighted by atomic mass is 16.5. The number of fused-ring (bicyclic) bond motifs is 12. The van der Waals surface area contributed by atoms with E-state index in [1.807, 2.05) is 0 Å². The van der Waals surface area contributed by atoms with Gasteiger partial charge in [0.15, 0.2) is 5.78 Å². The van der Waals surface area contributed by atoms with Crippen LogP contribution in [0.1, 0.15) is 65.2 Å². The molecular weight excluding hydrogens is 320 g/mol. The average Bonchev–Trinajstić information content (AvgIpc) is 3.52. The second-order valence-electron chi connectivity index (χ2n) is 11.5. The topological polar surface area (TPSA) is 26.3 Å². The van der Waals surface area contributed by atoms with Gasteiger partial charge in [0.25, 0.3) is 0 Å². The molecule has 140 valence electrons. The fraction of sp³-hybridized carbons (Fsp3) is 0.875. The molecule has 6 fully saturated rings. The predicted octanol–water partition coefficient (Wildman–Crippen LogP) is 4.78. The summed E-state index contributed by atoms with van der Waals surface area (Å²) in [6, 6.07) is 0. The van der Waals surface area contributed by atoms with Crippen LogP contribution in [0.3, 0.4) is 0 Å². The molecule has 7 aliphatic rings. The lowest BCUT2D eigenvalue weighted by Gasteiger charge is -2.60. The van der Waals surface area contributed by atoms with Gasteiger partial charge in [-0.1, -0.05) is 19.4 Å². The monoisotopic (exact) mass is 352 g/mol. The zero-order valence-electron chi connectivity index (χ0n) is 16.3. The van der Waals surface area contributed by atoms with Gasteiger partial charge in [-0.3, -0.25) is 4.79 Å². The summed E-state index contributed by atoms with van der Waals surface area (Å²) in [6.07, 6.45) is 12.2. The molecule has 10 unspecified atom stereocenters. The maximum absolute atomic E-state index is 12.2. The number of hydrogen-bond acceptors (Lipinski definition) is 2. The highest BCUT2D eigenvalue weighted by molar-refractivity contribution is 5.92. The van der Waals surface area contributed by atoms with Crippen LogP contribution in [0.15, 0.2) is 11.6 Å². The summed E-state index contributed by atoms with van der Waals surface area (Å²) >= 11 is 0. The van der Waals surface area contributed by atoms with Crippen molar-refractivity contribution >= 4 is 5.78 Å². The summed E-state index contributed by atoms with van der Waals surface area (Å²) < 4.78 is 6.65. The van der Waals surface area contributed by atoms with E-state index in [4.69, 9.17) is 4.74 Å². The third kappa shape index (κ3) is 1.46. The van der Waals surface area contributed by atoms with Crippen LogP contribution < -0.4 is 0 Å². The molecule has 0 amide bonds. The molecule has 2 heteroatoms. The van der Waals surface area contributed by atoms with Gasteiger partial charge in [0, 0.05) is 18.4 Å². The van der Waals surface area contributed by atoms with Crippen LogP contribution in [0, 0.1) is 52.3 Å². The van der Waals surface area contributed by atoms with E-state index in [0.29, 0.717) is 16.6 Å². The van der Waals surface area contributed by atoms with Gasteiger partial charge in [-0.15, -0.1) is 0 Å². The zero-order chi connectivity index (χ0) is 17.5. The first kappa shape index (κ1) is 15.3. The Morgan fingerprint density at radius 3 is 2.77 bits per heavy atom. The van der Waals surface area contributed by atoms with Crippen molar-refractivity contribution < 1.29 is 9.53 Å². The fourth-order valence-electron chi connectivity index (χ4n) is 9.89. The lowest BCUT2D eigenvalue weighted by Crippen LogP contribution is -2.57. The number of ether oxygens (including phenoxy) is 1. The summed E-state index contributed by atoms with van der Waals surface area (Å²) in [6.45, 7) is 6.19. The normalized spacial score (nSPS) is 64.2. The minimum absolute atomic E-state index is 0.247. The van der Waals surface area contributed by atoms with Crippen LogP contribution in [-0.2, 0) is 9.53 Å². The number of carbonyl (C=O) groups excluding carboxylic acids is 1. The molecule has 7 rings (SSSR count). The first-order valence-electron chi connectivity index (χ1n) is 11.4. The lowest BCUT2D eigenvalue weighted by molar-refractivity contribution is -0.157. The molecule has 5 saturated carbocycles. The molecule has 0 aromatic heterocycles. The van der Waals surface area contributed by atoms with Crippen LogP contribution in [0.2, 0.25) is 0 Å². The van der Waals surface area contributed by atoms with Crippen molar-refractivity contribution in [2.75, 3.05) is 6.61 Å². The number of carbonyl (C=O) groups is 1. The second kappa shape index (κ2) is 4.34. The quantitative estimate of drug-likeness (QED) is 0.627. The molecule has 0 N–H and O–H groups in total. The Bertz CT molecular complexity index is 745. The largest absolute Gasteiger partial charge is 0.374 e. The average molecular weight is 353 g/mol. The number of hydrogen-bond donors (Lipinski definition) is 0. The highest BCUT2D eigenvalue weighted by Crippen LogP contribution is 2.82. The van der Waals surface area contributed by atoms with Crippen LogP contribution in [-0.4, -0.2) is 18.0 Å². The smallest absolute Gasteiger partial charge is 0.155 e. The van der Waals surface area contributed by atoms with Crippen LogP contribution >= 0.6 is 0 Å². The molecule has 0 aromatic rings. The van der Waals surface area contributed by atoms with Crippen molar-refractivity contribution in [1.29, 1.82) is 0 Å². The van der Waals surface area contributed by atoms with E-state index in [2.05, 4.69) is 19.9 Å². The van der Waals surface area contributed by atoms with Crippen LogP contribution in [0.25, 0.3) is 0 Å². The number of rotatable bonds is 0. The maximum atomic E-state index is 12.2. The number of ketones is 1. The van der Waals surface area contributed by atoms with Crippen molar-refractivity contribution in [1.82, 2.24) is 0 Å². The van der Waals surface area contributed by atoms with Gasteiger partial charge in [0.1, 0.15) is 0 Å². The van der Waals surface area contributed by atoms with Gasteiger partial charge in [-0.05, 0) is 97.9 Å². The van der Waals surface area contributed by atoms with E-state index in [1.54, 1.807) is 5.57 Å². The van der Waals surface area contributed by atoms with Gasteiger partial charge in [-0.25, -0.2) is 0 Å². The Morgan fingerprint density at radius 2 is 1.96 bits per heavy atom. The van der Waals surface area contributed by atoms with Crippen molar-refractivity contribution in [3.8, 4) is 0 Å². The van der Waals surface area contributed by atoms with Gasteiger partial charge < -0.3 is 4.74 Å². The Hall–Kier alpha value is -0.630. The Balaban J connectivity index is 1.34. The zero-order valence-corrected chi connectivity index (χ0v) is 16.3. The number of allylic oxidation sites excluding steroid dienone is 1. The molecular formula is C24H32O2. The molecule has 0 radical (unpaired) electrons. The van der Waals surface area contributed by atoms with E-state index in [-0.39, 0.29) is 5.60 Å². The summed E-state index contributed by atoms with van der Waals surface area (Å²) in [5, 5.41) is 0. The molecule has 10 atom stereocenters. The Kier molecular flexibility index (Phi) is 2.56. The first-order valence-corrected chi connectivity index (χ1v) is 11.4. The van der Waals surface area contributed by atoms with Gasteiger partial charge in [0.2, 0.25) is 0 Å². The molecule has 0 aromatic carbocycles. The van der Waals surface area contributed by atoms with Gasteiger partial charge in [0.05, 0.1) is 5.60 Å². The van der Waals surface area contributed by atoms with Gasteiger partial charge >= 0.3 is 0 Å². The molecule has 6 aliphatic carbocycles. The van der Waals surface area contributed by atoms with E-state index >= 15 is 0 Å². The van der Waals surface area contributed by atoms with Crippen molar-refractivity contribution in [2.24, 2.45) is 52.3 Å². The minimum Gasteiger partial charge on any atom is -0.374 e. The molecule has 1 heterocycles.